The summed E-state index contributed by atoms with van der Waals surface area (Å²) in [5, 5.41) is 11.4. The van der Waals surface area contributed by atoms with Gasteiger partial charge in [0.1, 0.15) is 11.4 Å². The van der Waals surface area contributed by atoms with Crippen molar-refractivity contribution < 1.29 is 9.84 Å². The summed E-state index contributed by atoms with van der Waals surface area (Å²) < 4.78 is 5.46. The van der Waals surface area contributed by atoms with Gasteiger partial charge in [-0.05, 0) is 49.2 Å². The van der Waals surface area contributed by atoms with Gasteiger partial charge in [-0.3, -0.25) is 0 Å². The summed E-state index contributed by atoms with van der Waals surface area (Å²) in [6.07, 6.45) is 0. The zero-order valence-corrected chi connectivity index (χ0v) is 11.8. The molecule has 0 heterocycles. The molecule has 2 nitrogen and oxygen atoms in total. The van der Waals surface area contributed by atoms with Crippen molar-refractivity contribution >= 4 is 11.6 Å². The van der Waals surface area contributed by atoms with E-state index in [1.807, 2.05) is 43.3 Å². The average molecular weight is 277 g/mol. The average Bonchev–Trinajstić information content (AvgIpc) is 2.39. The van der Waals surface area contributed by atoms with Crippen LogP contribution in [0.4, 0.5) is 0 Å². The van der Waals surface area contributed by atoms with Gasteiger partial charge in [-0.2, -0.15) is 0 Å². The van der Waals surface area contributed by atoms with E-state index >= 15 is 0 Å². The Morgan fingerprint density at radius 2 is 1.74 bits per heavy atom. The fraction of sp³-hybridized carbons (Fsp3) is 0.250. The van der Waals surface area contributed by atoms with E-state index in [1.165, 1.54) is 0 Å². The number of aliphatic hydroxyl groups is 1. The van der Waals surface area contributed by atoms with E-state index in [9.17, 15) is 5.11 Å². The molecule has 3 heteroatoms. The van der Waals surface area contributed by atoms with Crippen LogP contribution < -0.4 is 4.74 Å². The minimum absolute atomic E-state index is 0.600. The number of ether oxygens (including phenoxy) is 1. The summed E-state index contributed by atoms with van der Waals surface area (Å²) in [6.45, 7) is 4.29. The lowest BCUT2D eigenvalue weighted by Gasteiger charge is -2.25. The molecule has 1 unspecified atom stereocenters. The van der Waals surface area contributed by atoms with Gasteiger partial charge in [0.15, 0.2) is 0 Å². The Morgan fingerprint density at radius 1 is 1.11 bits per heavy atom. The van der Waals surface area contributed by atoms with Crippen LogP contribution in [0.25, 0.3) is 0 Å². The third kappa shape index (κ3) is 3.09. The van der Waals surface area contributed by atoms with Crippen LogP contribution in [0, 0.1) is 0 Å². The van der Waals surface area contributed by atoms with Crippen LogP contribution in [0.1, 0.15) is 25.0 Å². The Morgan fingerprint density at radius 3 is 2.37 bits per heavy atom. The Labute approximate surface area is 118 Å². The summed E-state index contributed by atoms with van der Waals surface area (Å²) in [6, 6.07) is 14.7. The van der Waals surface area contributed by atoms with E-state index in [0.29, 0.717) is 11.6 Å². The highest BCUT2D eigenvalue weighted by atomic mass is 35.5. The predicted molar refractivity (Wildman–Crippen MR) is 77.7 cm³/mol. The van der Waals surface area contributed by atoms with Crippen LogP contribution in [-0.2, 0) is 5.60 Å². The number of benzene rings is 2. The highest BCUT2D eigenvalue weighted by molar-refractivity contribution is 6.30. The molecule has 2 aromatic carbocycles. The zero-order valence-electron chi connectivity index (χ0n) is 11.1. The highest BCUT2D eigenvalue weighted by Crippen LogP contribution is 2.32. The SMILES string of the molecule is CCOc1cccc(C(C)(O)c2cccc(Cl)c2)c1. The van der Waals surface area contributed by atoms with Crippen molar-refractivity contribution in [1.29, 1.82) is 0 Å². The largest absolute Gasteiger partial charge is 0.494 e. The first-order valence-electron chi connectivity index (χ1n) is 6.26. The number of rotatable bonds is 4. The minimum Gasteiger partial charge on any atom is -0.494 e. The second-order valence-electron chi connectivity index (χ2n) is 4.54. The molecule has 0 aliphatic heterocycles. The highest BCUT2D eigenvalue weighted by Gasteiger charge is 2.26. The Bertz CT molecular complexity index is 564. The maximum absolute atomic E-state index is 10.8. The van der Waals surface area contributed by atoms with Gasteiger partial charge in [-0.25, -0.2) is 0 Å². The third-order valence-corrected chi connectivity index (χ3v) is 3.33. The fourth-order valence-electron chi connectivity index (χ4n) is 2.01. The van der Waals surface area contributed by atoms with Crippen LogP contribution >= 0.6 is 11.6 Å². The maximum atomic E-state index is 10.8. The van der Waals surface area contributed by atoms with E-state index in [4.69, 9.17) is 16.3 Å². The molecule has 1 N–H and O–H groups in total. The number of halogens is 1. The molecule has 1 atom stereocenters. The lowest BCUT2D eigenvalue weighted by Crippen LogP contribution is -2.22. The molecule has 0 bridgehead atoms. The quantitative estimate of drug-likeness (QED) is 0.915. The molecular formula is C16H17ClO2. The summed E-state index contributed by atoms with van der Waals surface area (Å²) in [5.74, 6) is 0.752. The second-order valence-corrected chi connectivity index (χ2v) is 4.98. The van der Waals surface area contributed by atoms with Crippen molar-refractivity contribution in [1.82, 2.24) is 0 Å². The van der Waals surface area contributed by atoms with Crippen LogP contribution in [0.2, 0.25) is 5.02 Å². The first-order chi connectivity index (χ1) is 9.04. The van der Waals surface area contributed by atoms with Gasteiger partial charge in [0.25, 0.3) is 0 Å². The monoisotopic (exact) mass is 276 g/mol. The molecule has 0 fully saturated rings. The first-order valence-corrected chi connectivity index (χ1v) is 6.63. The Balaban J connectivity index is 2.41. The molecule has 0 aromatic heterocycles. The van der Waals surface area contributed by atoms with Crippen LogP contribution in [-0.4, -0.2) is 11.7 Å². The molecule has 2 aromatic rings. The van der Waals surface area contributed by atoms with Crippen molar-refractivity contribution in [3.63, 3.8) is 0 Å². The summed E-state index contributed by atoms with van der Waals surface area (Å²) >= 11 is 5.98. The van der Waals surface area contributed by atoms with E-state index in [1.54, 1.807) is 19.1 Å². The first kappa shape index (κ1) is 13.9. The topological polar surface area (TPSA) is 29.5 Å². The smallest absolute Gasteiger partial charge is 0.119 e. The van der Waals surface area contributed by atoms with Crippen molar-refractivity contribution in [2.45, 2.75) is 19.4 Å². The fourth-order valence-corrected chi connectivity index (χ4v) is 2.20. The lowest BCUT2D eigenvalue weighted by molar-refractivity contribution is 0.102. The van der Waals surface area contributed by atoms with E-state index in [-0.39, 0.29) is 0 Å². The molecule has 0 spiro atoms. The van der Waals surface area contributed by atoms with Crippen LogP contribution in [0.15, 0.2) is 48.5 Å². The van der Waals surface area contributed by atoms with Crippen molar-refractivity contribution in [3.8, 4) is 5.75 Å². The van der Waals surface area contributed by atoms with Gasteiger partial charge in [0.05, 0.1) is 6.61 Å². The normalized spacial score (nSPS) is 13.9. The molecular weight excluding hydrogens is 260 g/mol. The molecule has 0 saturated heterocycles. The van der Waals surface area contributed by atoms with Crippen LogP contribution in [0.3, 0.4) is 0 Å². The summed E-state index contributed by atoms with van der Waals surface area (Å²) in [4.78, 5) is 0. The van der Waals surface area contributed by atoms with Gasteiger partial charge >= 0.3 is 0 Å². The van der Waals surface area contributed by atoms with Gasteiger partial charge in [-0.15, -0.1) is 0 Å². The van der Waals surface area contributed by atoms with E-state index < -0.39 is 5.60 Å². The Hall–Kier alpha value is -1.51. The van der Waals surface area contributed by atoms with Gasteiger partial charge in [0, 0.05) is 5.02 Å². The van der Waals surface area contributed by atoms with E-state index in [2.05, 4.69) is 0 Å². The predicted octanol–water partition coefficient (Wildman–Crippen LogP) is 3.99. The molecule has 0 saturated carbocycles. The Kier molecular flexibility index (Phi) is 4.13. The van der Waals surface area contributed by atoms with Crippen LogP contribution in [0.5, 0.6) is 5.75 Å². The lowest BCUT2D eigenvalue weighted by atomic mass is 9.88. The molecule has 100 valence electrons. The number of hydrogen-bond acceptors (Lipinski definition) is 2. The summed E-state index contributed by atoms with van der Waals surface area (Å²) in [5.41, 5.74) is 0.437. The van der Waals surface area contributed by atoms with Gasteiger partial charge in [-0.1, -0.05) is 35.9 Å². The third-order valence-electron chi connectivity index (χ3n) is 3.09. The van der Waals surface area contributed by atoms with Gasteiger partial charge in [0.2, 0.25) is 0 Å². The zero-order chi connectivity index (χ0) is 13.9. The van der Waals surface area contributed by atoms with Crippen molar-refractivity contribution in [2.75, 3.05) is 6.61 Å². The molecule has 0 aliphatic rings. The second kappa shape index (κ2) is 5.64. The van der Waals surface area contributed by atoms with E-state index in [0.717, 1.165) is 16.9 Å². The molecule has 19 heavy (non-hydrogen) atoms. The molecule has 2 rings (SSSR count). The standard InChI is InChI=1S/C16H17ClO2/c1-3-19-15-9-5-7-13(11-15)16(2,18)12-6-4-8-14(17)10-12/h4-11,18H,3H2,1-2H3. The van der Waals surface area contributed by atoms with Gasteiger partial charge < -0.3 is 9.84 Å². The molecule has 0 aliphatic carbocycles. The minimum atomic E-state index is -1.10. The maximum Gasteiger partial charge on any atom is 0.119 e. The molecule has 0 radical (unpaired) electrons. The van der Waals surface area contributed by atoms with Crippen molar-refractivity contribution in [2.24, 2.45) is 0 Å². The summed E-state index contributed by atoms with van der Waals surface area (Å²) in [7, 11) is 0. The van der Waals surface area contributed by atoms with Crippen molar-refractivity contribution in [3.05, 3.63) is 64.7 Å². The number of hydrogen-bond donors (Lipinski definition) is 1. The molecule has 0 amide bonds.